The van der Waals surface area contributed by atoms with Gasteiger partial charge in [-0.3, -0.25) is 14.6 Å². The van der Waals surface area contributed by atoms with Crippen molar-refractivity contribution < 1.29 is 0 Å². The summed E-state index contributed by atoms with van der Waals surface area (Å²) in [6.45, 7) is 0.532. The molecule has 0 aliphatic heterocycles. The molecule has 1 N–H and O–H groups in total. The molecule has 0 bridgehead atoms. The molecule has 5 rings (SSSR count). The van der Waals surface area contributed by atoms with Gasteiger partial charge in [-0.25, -0.2) is 0 Å². The molecule has 3 aromatic heterocycles. The maximum atomic E-state index is 12.7. The highest BCUT2D eigenvalue weighted by Gasteiger charge is 2.11. The summed E-state index contributed by atoms with van der Waals surface area (Å²) in [5.41, 5.74) is 5.63. The average molecular weight is 460 g/mol. The third-order valence-electron chi connectivity index (χ3n) is 5.11. The van der Waals surface area contributed by atoms with E-state index in [9.17, 15) is 4.79 Å². The van der Waals surface area contributed by atoms with Gasteiger partial charge in [-0.1, -0.05) is 34.1 Å². The van der Waals surface area contributed by atoms with E-state index < -0.39 is 0 Å². The normalized spacial score (nSPS) is 11.3. The van der Waals surface area contributed by atoms with E-state index in [0.29, 0.717) is 6.54 Å². The minimum absolute atomic E-state index is 0.0350. The van der Waals surface area contributed by atoms with E-state index in [1.54, 1.807) is 21.5 Å². The van der Waals surface area contributed by atoms with Gasteiger partial charge in [-0.15, -0.1) is 0 Å². The summed E-state index contributed by atoms with van der Waals surface area (Å²) in [5, 5.41) is 12.8. The fraction of sp³-hybridized carbons (Fsp3) is 0.0870. The van der Waals surface area contributed by atoms with Gasteiger partial charge in [0.2, 0.25) is 0 Å². The van der Waals surface area contributed by atoms with Crippen LogP contribution in [0, 0.1) is 0 Å². The van der Waals surface area contributed by atoms with Gasteiger partial charge in [0.25, 0.3) is 5.56 Å². The number of aryl methyl sites for hydroxylation is 1. The Kier molecular flexibility index (Phi) is 4.59. The van der Waals surface area contributed by atoms with E-state index in [1.807, 2.05) is 61.9 Å². The van der Waals surface area contributed by atoms with Crippen LogP contribution in [0.3, 0.4) is 0 Å². The zero-order valence-corrected chi connectivity index (χ0v) is 17.8. The number of H-pyrrole nitrogens is 1. The summed E-state index contributed by atoms with van der Waals surface area (Å²) in [4.78, 5) is 12.7. The second-order valence-corrected chi connectivity index (χ2v) is 8.16. The third-order valence-corrected chi connectivity index (χ3v) is 5.61. The van der Waals surface area contributed by atoms with Gasteiger partial charge < -0.3 is 4.57 Å². The first-order valence-electron chi connectivity index (χ1n) is 9.49. The molecule has 30 heavy (non-hydrogen) atoms. The van der Waals surface area contributed by atoms with Crippen LogP contribution in [-0.4, -0.2) is 24.5 Å². The number of aromatic amines is 1. The third kappa shape index (κ3) is 3.48. The van der Waals surface area contributed by atoms with Gasteiger partial charge in [-0.05, 0) is 47.0 Å². The van der Waals surface area contributed by atoms with Gasteiger partial charge in [0.15, 0.2) is 0 Å². The molecule has 6 nitrogen and oxygen atoms in total. The van der Waals surface area contributed by atoms with Gasteiger partial charge in [0.05, 0.1) is 18.3 Å². The standard InChI is InChI=1S/C23H18BrN5O/c1-28-14-18(12-25-28)23-20-10-16(5-6-21(20)26-27-23)17-7-8-29(22(30)11-17)13-15-3-2-4-19(24)9-15/h2-12,14H,13H2,1H3,(H,26,27). The monoisotopic (exact) mass is 459 g/mol. The lowest BCUT2D eigenvalue weighted by Crippen LogP contribution is -2.19. The Labute approximate surface area is 180 Å². The highest BCUT2D eigenvalue weighted by Crippen LogP contribution is 2.29. The number of benzene rings is 2. The van der Waals surface area contributed by atoms with Crippen molar-refractivity contribution >= 4 is 26.8 Å². The van der Waals surface area contributed by atoms with E-state index in [0.717, 1.165) is 43.3 Å². The maximum absolute atomic E-state index is 12.7. The van der Waals surface area contributed by atoms with Crippen molar-refractivity contribution in [1.29, 1.82) is 0 Å². The van der Waals surface area contributed by atoms with Crippen molar-refractivity contribution in [2.75, 3.05) is 0 Å². The Morgan fingerprint density at radius 3 is 2.67 bits per heavy atom. The van der Waals surface area contributed by atoms with Crippen LogP contribution in [-0.2, 0) is 13.6 Å². The Bertz CT molecular complexity index is 1430. The van der Waals surface area contributed by atoms with Crippen LogP contribution < -0.4 is 5.56 Å². The first kappa shape index (κ1) is 18.6. The zero-order valence-electron chi connectivity index (χ0n) is 16.2. The molecule has 7 heteroatoms. The smallest absolute Gasteiger partial charge is 0.251 e. The molecule has 0 fully saturated rings. The fourth-order valence-electron chi connectivity index (χ4n) is 3.61. The second-order valence-electron chi connectivity index (χ2n) is 7.25. The van der Waals surface area contributed by atoms with Gasteiger partial charge >= 0.3 is 0 Å². The van der Waals surface area contributed by atoms with Crippen molar-refractivity contribution in [3.8, 4) is 22.4 Å². The number of hydrogen-bond acceptors (Lipinski definition) is 3. The summed E-state index contributed by atoms with van der Waals surface area (Å²) < 4.78 is 4.47. The van der Waals surface area contributed by atoms with Crippen LogP contribution in [0.1, 0.15) is 5.56 Å². The Morgan fingerprint density at radius 1 is 1.03 bits per heavy atom. The van der Waals surface area contributed by atoms with E-state index >= 15 is 0 Å². The molecule has 0 aliphatic rings. The zero-order chi connectivity index (χ0) is 20.7. The van der Waals surface area contributed by atoms with Crippen LogP contribution in [0.25, 0.3) is 33.3 Å². The second kappa shape index (κ2) is 7.42. The first-order chi connectivity index (χ1) is 14.6. The summed E-state index contributed by atoms with van der Waals surface area (Å²) >= 11 is 3.48. The number of halogens is 1. The Balaban J connectivity index is 1.51. The van der Waals surface area contributed by atoms with Gasteiger partial charge in [0.1, 0.15) is 5.69 Å². The van der Waals surface area contributed by atoms with E-state index in [-0.39, 0.29) is 5.56 Å². The van der Waals surface area contributed by atoms with E-state index in [1.165, 1.54) is 0 Å². The summed E-state index contributed by atoms with van der Waals surface area (Å²) in [5.74, 6) is 0. The average Bonchev–Trinajstić information content (AvgIpc) is 3.35. The molecule has 0 saturated carbocycles. The Morgan fingerprint density at radius 2 is 1.90 bits per heavy atom. The molecule has 0 amide bonds. The molecule has 0 spiro atoms. The molecule has 0 unspecified atom stereocenters. The summed E-state index contributed by atoms with van der Waals surface area (Å²) in [7, 11) is 1.88. The number of nitrogens with one attached hydrogen (secondary N) is 1. The minimum atomic E-state index is -0.0350. The number of fused-ring (bicyclic) bond motifs is 1. The first-order valence-corrected chi connectivity index (χ1v) is 10.3. The molecular formula is C23H18BrN5O. The van der Waals surface area contributed by atoms with Crippen LogP contribution in [0.15, 0.2) is 82.5 Å². The summed E-state index contributed by atoms with van der Waals surface area (Å²) in [6, 6.07) is 17.7. The number of aromatic nitrogens is 5. The quantitative estimate of drug-likeness (QED) is 0.426. The van der Waals surface area contributed by atoms with Crippen molar-refractivity contribution in [3.63, 3.8) is 0 Å². The molecule has 148 valence electrons. The SMILES string of the molecule is Cn1cc(-c2n[nH]c3ccc(-c4ccn(Cc5cccc(Br)c5)c(=O)c4)cc23)cn1. The van der Waals surface area contributed by atoms with Crippen molar-refractivity contribution in [1.82, 2.24) is 24.5 Å². The molecule has 2 aromatic carbocycles. The number of nitrogens with zero attached hydrogens (tertiary/aromatic N) is 4. The van der Waals surface area contributed by atoms with Crippen LogP contribution >= 0.6 is 15.9 Å². The fourth-order valence-corrected chi connectivity index (χ4v) is 4.05. The van der Waals surface area contributed by atoms with Gasteiger partial charge in [0, 0.05) is 40.9 Å². The topological polar surface area (TPSA) is 68.5 Å². The molecule has 5 aromatic rings. The molecule has 3 heterocycles. The van der Waals surface area contributed by atoms with Crippen molar-refractivity contribution in [2.24, 2.45) is 7.05 Å². The number of hydrogen-bond donors (Lipinski definition) is 1. The molecule has 0 aliphatic carbocycles. The lowest BCUT2D eigenvalue weighted by Gasteiger charge is -2.08. The molecule has 0 atom stereocenters. The lowest BCUT2D eigenvalue weighted by molar-refractivity contribution is 0.760. The van der Waals surface area contributed by atoms with E-state index in [4.69, 9.17) is 0 Å². The van der Waals surface area contributed by atoms with E-state index in [2.05, 4.69) is 37.3 Å². The van der Waals surface area contributed by atoms with Crippen molar-refractivity contribution in [3.05, 3.63) is 93.6 Å². The minimum Gasteiger partial charge on any atom is -0.311 e. The van der Waals surface area contributed by atoms with Crippen LogP contribution in [0.5, 0.6) is 0 Å². The van der Waals surface area contributed by atoms with Crippen LogP contribution in [0.4, 0.5) is 0 Å². The highest BCUT2D eigenvalue weighted by molar-refractivity contribution is 9.10. The maximum Gasteiger partial charge on any atom is 0.251 e. The lowest BCUT2D eigenvalue weighted by atomic mass is 10.0. The predicted molar refractivity (Wildman–Crippen MR) is 121 cm³/mol. The summed E-state index contributed by atoms with van der Waals surface area (Å²) in [6.07, 6.45) is 5.58. The molecule has 0 saturated heterocycles. The largest absolute Gasteiger partial charge is 0.311 e. The number of pyridine rings is 1. The molecular weight excluding hydrogens is 442 g/mol. The van der Waals surface area contributed by atoms with Crippen molar-refractivity contribution in [2.45, 2.75) is 6.54 Å². The Hall–Kier alpha value is -3.45. The predicted octanol–water partition coefficient (Wildman–Crippen LogP) is 4.60. The highest BCUT2D eigenvalue weighted by atomic mass is 79.9. The number of rotatable bonds is 4. The van der Waals surface area contributed by atoms with Gasteiger partial charge in [-0.2, -0.15) is 10.2 Å². The van der Waals surface area contributed by atoms with Crippen LogP contribution in [0.2, 0.25) is 0 Å². The molecule has 0 radical (unpaired) electrons.